The van der Waals surface area contributed by atoms with E-state index in [4.69, 9.17) is 9.47 Å². The second-order valence-electron chi connectivity index (χ2n) is 5.01. The monoisotopic (exact) mass is 322 g/mol. The molecule has 0 N–H and O–H groups in total. The summed E-state index contributed by atoms with van der Waals surface area (Å²) < 4.78 is 9.53. The minimum atomic E-state index is -0.548. The molecule has 0 aliphatic carbocycles. The van der Waals surface area contributed by atoms with Gasteiger partial charge in [0.15, 0.2) is 0 Å². The first kappa shape index (κ1) is 17.2. The molecular formula is C20H18O4. The summed E-state index contributed by atoms with van der Waals surface area (Å²) in [4.78, 5) is 23.9. The Morgan fingerprint density at radius 3 is 2.21 bits per heavy atom. The molecule has 0 heterocycles. The van der Waals surface area contributed by atoms with Gasteiger partial charge in [-0.1, -0.05) is 49.6 Å². The van der Waals surface area contributed by atoms with Crippen LogP contribution in [0.25, 0.3) is 11.6 Å². The van der Waals surface area contributed by atoms with Crippen molar-refractivity contribution in [3.05, 3.63) is 83.4 Å². The highest BCUT2D eigenvalue weighted by Gasteiger charge is 2.19. The lowest BCUT2D eigenvalue weighted by Crippen LogP contribution is -2.09. The van der Waals surface area contributed by atoms with Crippen molar-refractivity contribution in [2.75, 3.05) is 14.2 Å². The van der Waals surface area contributed by atoms with Crippen molar-refractivity contribution in [2.45, 2.75) is 0 Å². The van der Waals surface area contributed by atoms with E-state index in [1.54, 1.807) is 18.2 Å². The van der Waals surface area contributed by atoms with Crippen LogP contribution in [0, 0.1) is 0 Å². The Hall–Kier alpha value is -3.14. The number of hydrogen-bond donors (Lipinski definition) is 0. The molecule has 0 amide bonds. The van der Waals surface area contributed by atoms with Gasteiger partial charge in [-0.25, -0.2) is 9.59 Å². The quantitative estimate of drug-likeness (QED) is 0.782. The molecule has 4 nitrogen and oxygen atoms in total. The van der Waals surface area contributed by atoms with E-state index < -0.39 is 11.9 Å². The van der Waals surface area contributed by atoms with Crippen LogP contribution in [0.4, 0.5) is 0 Å². The lowest BCUT2D eigenvalue weighted by atomic mass is 9.91. The zero-order valence-corrected chi connectivity index (χ0v) is 13.7. The second kappa shape index (κ2) is 7.42. The van der Waals surface area contributed by atoms with Gasteiger partial charge in [0, 0.05) is 0 Å². The van der Waals surface area contributed by atoms with Crippen LogP contribution >= 0.6 is 0 Å². The maximum absolute atomic E-state index is 12.2. The van der Waals surface area contributed by atoms with Gasteiger partial charge in [0.1, 0.15) is 0 Å². The van der Waals surface area contributed by atoms with E-state index in [0.29, 0.717) is 11.1 Å². The van der Waals surface area contributed by atoms with Crippen molar-refractivity contribution in [3.63, 3.8) is 0 Å². The van der Waals surface area contributed by atoms with Crippen molar-refractivity contribution >= 4 is 23.6 Å². The molecule has 0 aromatic heterocycles. The molecule has 0 saturated carbocycles. The first-order valence-electron chi connectivity index (χ1n) is 7.25. The van der Waals surface area contributed by atoms with Gasteiger partial charge in [0.25, 0.3) is 0 Å². The molecule has 0 radical (unpaired) electrons. The molecule has 0 unspecified atom stereocenters. The van der Waals surface area contributed by atoms with E-state index >= 15 is 0 Å². The first-order valence-corrected chi connectivity index (χ1v) is 7.25. The number of ether oxygens (including phenoxy) is 2. The number of carbonyl (C=O) groups excluding carboxylic acids is 2. The molecule has 0 aliphatic heterocycles. The van der Waals surface area contributed by atoms with E-state index in [9.17, 15) is 9.59 Å². The summed E-state index contributed by atoms with van der Waals surface area (Å²) in [7, 11) is 2.57. The third-order valence-corrected chi connectivity index (χ3v) is 3.68. The zero-order valence-electron chi connectivity index (χ0n) is 13.7. The fourth-order valence-corrected chi connectivity index (χ4v) is 2.43. The minimum Gasteiger partial charge on any atom is -0.465 e. The molecule has 0 fully saturated rings. The van der Waals surface area contributed by atoms with E-state index in [1.807, 2.05) is 24.3 Å². The van der Waals surface area contributed by atoms with E-state index in [1.165, 1.54) is 20.3 Å². The highest BCUT2D eigenvalue weighted by atomic mass is 16.5. The lowest BCUT2D eigenvalue weighted by Gasteiger charge is -2.14. The molecule has 2 rings (SSSR count). The molecule has 0 aliphatic rings. The number of carbonyl (C=O) groups is 2. The van der Waals surface area contributed by atoms with Crippen LogP contribution in [0.15, 0.2) is 55.6 Å². The summed E-state index contributed by atoms with van der Waals surface area (Å²) in [6.07, 6.45) is 1.72. The minimum absolute atomic E-state index is 0.254. The molecule has 0 bridgehead atoms. The molecule has 0 atom stereocenters. The topological polar surface area (TPSA) is 52.6 Å². The predicted octanol–water partition coefficient (Wildman–Crippen LogP) is 3.96. The van der Waals surface area contributed by atoms with Crippen LogP contribution < -0.4 is 0 Å². The van der Waals surface area contributed by atoms with Gasteiger partial charge < -0.3 is 9.47 Å². The summed E-state index contributed by atoms with van der Waals surface area (Å²) in [6, 6.07) is 12.3. The van der Waals surface area contributed by atoms with Gasteiger partial charge in [-0.2, -0.15) is 0 Å². The summed E-state index contributed by atoms with van der Waals surface area (Å²) in [5.41, 5.74) is 3.50. The summed E-state index contributed by atoms with van der Waals surface area (Å²) in [5.74, 6) is -1.07. The summed E-state index contributed by atoms with van der Waals surface area (Å²) in [6.45, 7) is 7.90. The van der Waals surface area contributed by atoms with Crippen LogP contribution in [0.1, 0.15) is 37.4 Å². The Morgan fingerprint density at radius 1 is 0.917 bits per heavy atom. The summed E-state index contributed by atoms with van der Waals surface area (Å²) in [5, 5.41) is 0. The maximum atomic E-state index is 12.2. The van der Waals surface area contributed by atoms with Gasteiger partial charge in [-0.3, -0.25) is 0 Å². The molecule has 122 valence electrons. The third kappa shape index (κ3) is 3.27. The third-order valence-electron chi connectivity index (χ3n) is 3.68. The smallest absolute Gasteiger partial charge is 0.338 e. The average molecular weight is 322 g/mol. The highest BCUT2D eigenvalue weighted by Crippen LogP contribution is 2.29. The Kier molecular flexibility index (Phi) is 5.32. The van der Waals surface area contributed by atoms with Crippen molar-refractivity contribution in [1.82, 2.24) is 0 Å². The van der Waals surface area contributed by atoms with Gasteiger partial charge in [0.05, 0.1) is 25.3 Å². The average Bonchev–Trinajstić information content (AvgIpc) is 2.65. The van der Waals surface area contributed by atoms with Crippen molar-refractivity contribution in [2.24, 2.45) is 0 Å². The molecule has 24 heavy (non-hydrogen) atoms. The van der Waals surface area contributed by atoms with Gasteiger partial charge >= 0.3 is 11.9 Å². The Bertz CT molecular complexity index is 818. The molecular weight excluding hydrogens is 304 g/mol. The molecule has 2 aromatic rings. The van der Waals surface area contributed by atoms with Crippen molar-refractivity contribution in [3.8, 4) is 0 Å². The Morgan fingerprint density at radius 2 is 1.58 bits per heavy atom. The first-order chi connectivity index (χ1) is 11.5. The van der Waals surface area contributed by atoms with Crippen LogP contribution in [-0.4, -0.2) is 26.2 Å². The SMILES string of the molecule is C=Cc1ccccc1C(=C)c1ccc(C(=O)OC)cc1C(=O)OC. The highest BCUT2D eigenvalue weighted by molar-refractivity contribution is 6.01. The van der Waals surface area contributed by atoms with Crippen LogP contribution in [0.3, 0.4) is 0 Å². The van der Waals surface area contributed by atoms with Gasteiger partial charge in [0.2, 0.25) is 0 Å². The molecule has 0 saturated heterocycles. The van der Waals surface area contributed by atoms with Crippen molar-refractivity contribution < 1.29 is 19.1 Å². The Labute approximate surface area is 141 Å². The molecule has 4 heteroatoms. The predicted molar refractivity (Wildman–Crippen MR) is 93.8 cm³/mol. The van der Waals surface area contributed by atoms with E-state index in [-0.39, 0.29) is 11.1 Å². The van der Waals surface area contributed by atoms with E-state index in [0.717, 1.165) is 11.1 Å². The maximum Gasteiger partial charge on any atom is 0.338 e. The molecule has 0 spiro atoms. The fourth-order valence-electron chi connectivity index (χ4n) is 2.43. The normalized spacial score (nSPS) is 9.92. The fraction of sp³-hybridized carbons (Fsp3) is 0.100. The number of benzene rings is 2. The number of esters is 2. The zero-order chi connectivity index (χ0) is 17.7. The van der Waals surface area contributed by atoms with Gasteiger partial charge in [-0.15, -0.1) is 0 Å². The molecule has 2 aromatic carbocycles. The van der Waals surface area contributed by atoms with Crippen LogP contribution in [0.2, 0.25) is 0 Å². The van der Waals surface area contributed by atoms with Crippen LogP contribution in [-0.2, 0) is 9.47 Å². The largest absolute Gasteiger partial charge is 0.465 e. The van der Waals surface area contributed by atoms with E-state index in [2.05, 4.69) is 13.2 Å². The number of rotatable bonds is 5. The van der Waals surface area contributed by atoms with Crippen molar-refractivity contribution in [1.29, 1.82) is 0 Å². The van der Waals surface area contributed by atoms with Gasteiger partial charge in [-0.05, 0) is 34.4 Å². The lowest BCUT2D eigenvalue weighted by molar-refractivity contribution is 0.0599. The standard InChI is InChI=1S/C20H18O4/c1-5-14-8-6-7-9-16(14)13(2)17-11-10-15(19(21)23-3)12-18(17)20(22)24-4/h5-12H,1-2H2,3-4H3. The number of methoxy groups -OCH3 is 2. The number of hydrogen-bond acceptors (Lipinski definition) is 4. The summed E-state index contributed by atoms with van der Waals surface area (Å²) >= 11 is 0. The van der Waals surface area contributed by atoms with Crippen LogP contribution in [0.5, 0.6) is 0 Å². The second-order valence-corrected chi connectivity index (χ2v) is 5.01. The Balaban J connectivity index is 2.60.